The van der Waals surface area contributed by atoms with E-state index in [9.17, 15) is 14.4 Å². The monoisotopic (exact) mass is 366 g/mol. The molecule has 3 rings (SSSR count). The van der Waals surface area contributed by atoms with Crippen LogP contribution in [0.25, 0.3) is 0 Å². The van der Waals surface area contributed by atoms with Crippen molar-refractivity contribution >= 4 is 34.9 Å². The molecule has 0 saturated heterocycles. The van der Waals surface area contributed by atoms with Crippen LogP contribution in [0.5, 0.6) is 0 Å². The van der Waals surface area contributed by atoms with E-state index in [1.165, 1.54) is 4.90 Å². The molecule has 27 heavy (non-hydrogen) atoms. The number of fused-ring (bicyclic) bond motifs is 1. The number of urea groups is 1. The van der Waals surface area contributed by atoms with Gasteiger partial charge in [0.2, 0.25) is 11.8 Å². The van der Waals surface area contributed by atoms with Crippen LogP contribution in [0.1, 0.15) is 13.3 Å². The zero-order valence-electron chi connectivity index (χ0n) is 15.3. The molecule has 1 heterocycles. The maximum atomic E-state index is 13.0. The van der Waals surface area contributed by atoms with E-state index in [2.05, 4.69) is 10.6 Å². The van der Waals surface area contributed by atoms with Crippen LogP contribution >= 0.6 is 0 Å². The number of hydrogen-bond donors (Lipinski definition) is 2. The van der Waals surface area contributed by atoms with Crippen molar-refractivity contribution in [2.24, 2.45) is 0 Å². The average Bonchev–Trinajstić information content (AvgIpc) is 2.76. The Bertz CT molecular complexity index is 853. The van der Waals surface area contributed by atoms with Gasteiger partial charge < -0.3 is 20.4 Å². The number of para-hydroxylation sites is 3. The molecule has 1 atom stereocenters. The molecule has 0 aliphatic carbocycles. The van der Waals surface area contributed by atoms with Crippen molar-refractivity contribution in [1.29, 1.82) is 0 Å². The summed E-state index contributed by atoms with van der Waals surface area (Å²) in [4.78, 5) is 40.3. The second-order valence-electron chi connectivity index (χ2n) is 6.53. The van der Waals surface area contributed by atoms with Crippen molar-refractivity contribution in [3.63, 3.8) is 0 Å². The van der Waals surface area contributed by atoms with Crippen molar-refractivity contribution in [2.75, 3.05) is 29.1 Å². The maximum absolute atomic E-state index is 13.0. The first-order valence-electron chi connectivity index (χ1n) is 8.74. The van der Waals surface area contributed by atoms with Gasteiger partial charge in [0.15, 0.2) is 0 Å². The second-order valence-corrected chi connectivity index (χ2v) is 6.53. The van der Waals surface area contributed by atoms with Gasteiger partial charge in [-0.2, -0.15) is 0 Å². The fraction of sp³-hybridized carbons (Fsp3) is 0.250. The summed E-state index contributed by atoms with van der Waals surface area (Å²) in [5.74, 6) is -0.391. The summed E-state index contributed by atoms with van der Waals surface area (Å²) < 4.78 is 0. The number of benzene rings is 2. The molecule has 2 aromatic carbocycles. The Morgan fingerprint density at radius 1 is 1.15 bits per heavy atom. The highest BCUT2D eigenvalue weighted by Crippen LogP contribution is 2.31. The first-order valence-corrected chi connectivity index (χ1v) is 8.74. The standard InChI is InChI=1S/C20H22N4O3/c1-14-12-18(25)22-16-10-6-7-11-17(16)24(14)19(26)13-23(2)20(27)21-15-8-4-3-5-9-15/h3-11,14H,12-13H2,1-2H3,(H,21,27)(H,22,25). The normalized spacial score (nSPS) is 16.0. The van der Waals surface area contributed by atoms with Gasteiger partial charge in [-0.05, 0) is 31.2 Å². The first kappa shape index (κ1) is 18.4. The lowest BCUT2D eigenvalue weighted by molar-refractivity contribution is -0.119. The largest absolute Gasteiger partial charge is 0.324 e. The summed E-state index contributed by atoms with van der Waals surface area (Å²) in [6, 6.07) is 15.5. The molecule has 0 bridgehead atoms. The predicted octanol–water partition coefficient (Wildman–Crippen LogP) is 2.91. The van der Waals surface area contributed by atoms with Gasteiger partial charge in [-0.25, -0.2) is 4.79 Å². The Morgan fingerprint density at radius 3 is 2.56 bits per heavy atom. The lowest BCUT2D eigenvalue weighted by atomic mass is 10.1. The van der Waals surface area contributed by atoms with Crippen LogP contribution in [0, 0.1) is 0 Å². The zero-order chi connectivity index (χ0) is 19.4. The number of amides is 4. The van der Waals surface area contributed by atoms with Gasteiger partial charge in [-0.3, -0.25) is 9.59 Å². The summed E-state index contributed by atoms with van der Waals surface area (Å²) in [5, 5.41) is 5.57. The van der Waals surface area contributed by atoms with Gasteiger partial charge in [0.05, 0.1) is 11.4 Å². The third-order valence-corrected chi connectivity index (χ3v) is 4.37. The van der Waals surface area contributed by atoms with E-state index >= 15 is 0 Å². The second kappa shape index (κ2) is 7.90. The molecule has 0 saturated carbocycles. The quantitative estimate of drug-likeness (QED) is 0.876. The number of nitrogens with zero attached hydrogens (tertiary/aromatic N) is 2. The molecular formula is C20H22N4O3. The fourth-order valence-corrected chi connectivity index (χ4v) is 3.06. The average molecular weight is 366 g/mol. The topological polar surface area (TPSA) is 81.8 Å². The molecule has 0 aromatic heterocycles. The highest BCUT2D eigenvalue weighted by Gasteiger charge is 2.30. The number of nitrogens with one attached hydrogen (secondary N) is 2. The van der Waals surface area contributed by atoms with Crippen LogP contribution in [0.2, 0.25) is 0 Å². The Labute approximate surface area is 158 Å². The van der Waals surface area contributed by atoms with Gasteiger partial charge in [-0.1, -0.05) is 30.3 Å². The highest BCUT2D eigenvalue weighted by atomic mass is 16.2. The van der Waals surface area contributed by atoms with Crippen molar-refractivity contribution in [3.8, 4) is 0 Å². The van der Waals surface area contributed by atoms with Gasteiger partial charge in [0.25, 0.3) is 0 Å². The zero-order valence-corrected chi connectivity index (χ0v) is 15.3. The number of carbonyl (C=O) groups excluding carboxylic acids is 3. The SMILES string of the molecule is CC1CC(=O)Nc2ccccc2N1C(=O)CN(C)C(=O)Nc1ccccc1. The van der Waals surface area contributed by atoms with Crippen molar-refractivity contribution < 1.29 is 14.4 Å². The molecular weight excluding hydrogens is 344 g/mol. The summed E-state index contributed by atoms with van der Waals surface area (Å²) in [6.45, 7) is 1.72. The van der Waals surface area contributed by atoms with Gasteiger partial charge >= 0.3 is 6.03 Å². The summed E-state index contributed by atoms with van der Waals surface area (Å²) in [5.41, 5.74) is 1.89. The minimum absolute atomic E-state index is 0.106. The van der Waals surface area contributed by atoms with E-state index in [1.54, 1.807) is 42.3 Å². The lowest BCUT2D eigenvalue weighted by Gasteiger charge is -2.29. The molecule has 1 aliphatic rings. The van der Waals surface area contributed by atoms with Crippen LogP contribution < -0.4 is 15.5 Å². The van der Waals surface area contributed by atoms with Crippen molar-refractivity contribution in [2.45, 2.75) is 19.4 Å². The highest BCUT2D eigenvalue weighted by molar-refractivity contribution is 6.05. The van der Waals surface area contributed by atoms with Crippen LogP contribution in [0.4, 0.5) is 21.9 Å². The number of hydrogen-bond acceptors (Lipinski definition) is 3. The number of rotatable bonds is 3. The fourth-order valence-electron chi connectivity index (χ4n) is 3.06. The van der Waals surface area contributed by atoms with E-state index in [0.717, 1.165) is 0 Å². The van der Waals surface area contributed by atoms with Crippen molar-refractivity contribution in [3.05, 3.63) is 54.6 Å². The van der Waals surface area contributed by atoms with E-state index < -0.39 is 0 Å². The van der Waals surface area contributed by atoms with Gasteiger partial charge in [-0.15, -0.1) is 0 Å². The summed E-state index contributed by atoms with van der Waals surface area (Å²) in [6.07, 6.45) is 0.195. The number of likely N-dealkylation sites (N-methyl/N-ethyl adjacent to an activating group) is 1. The van der Waals surface area contributed by atoms with Crippen LogP contribution in [-0.4, -0.2) is 42.4 Å². The molecule has 0 fully saturated rings. The Balaban J connectivity index is 1.74. The summed E-state index contributed by atoms with van der Waals surface area (Å²) in [7, 11) is 1.56. The van der Waals surface area contributed by atoms with Gasteiger partial charge in [0.1, 0.15) is 6.54 Å². The number of anilines is 3. The maximum Gasteiger partial charge on any atom is 0.322 e. The van der Waals surface area contributed by atoms with E-state index in [0.29, 0.717) is 17.1 Å². The molecule has 140 valence electrons. The van der Waals surface area contributed by atoms with E-state index in [-0.39, 0.29) is 36.9 Å². The van der Waals surface area contributed by atoms with Crippen LogP contribution in [-0.2, 0) is 9.59 Å². The van der Waals surface area contributed by atoms with Crippen LogP contribution in [0.3, 0.4) is 0 Å². The molecule has 7 nitrogen and oxygen atoms in total. The lowest BCUT2D eigenvalue weighted by Crippen LogP contribution is -2.46. The van der Waals surface area contributed by atoms with Crippen molar-refractivity contribution in [1.82, 2.24) is 4.90 Å². The third kappa shape index (κ3) is 4.25. The van der Waals surface area contributed by atoms with E-state index in [1.807, 2.05) is 31.2 Å². The molecule has 0 spiro atoms. The molecule has 2 N–H and O–H groups in total. The molecule has 0 radical (unpaired) electrons. The predicted molar refractivity (Wildman–Crippen MR) is 105 cm³/mol. The minimum atomic E-state index is -0.375. The van der Waals surface area contributed by atoms with Crippen LogP contribution in [0.15, 0.2) is 54.6 Å². The molecule has 2 aromatic rings. The van der Waals surface area contributed by atoms with Gasteiger partial charge in [0, 0.05) is 25.2 Å². The van der Waals surface area contributed by atoms with E-state index in [4.69, 9.17) is 0 Å². The number of carbonyl (C=O) groups is 3. The Morgan fingerprint density at radius 2 is 1.81 bits per heavy atom. The molecule has 1 aliphatic heterocycles. The first-order chi connectivity index (χ1) is 13.0. The minimum Gasteiger partial charge on any atom is -0.324 e. The molecule has 1 unspecified atom stereocenters. The Kier molecular flexibility index (Phi) is 5.40. The molecule has 7 heteroatoms. The smallest absolute Gasteiger partial charge is 0.322 e. The summed E-state index contributed by atoms with van der Waals surface area (Å²) >= 11 is 0. The third-order valence-electron chi connectivity index (χ3n) is 4.37. The Hall–Kier alpha value is -3.35. The molecule has 4 amide bonds.